The van der Waals surface area contributed by atoms with E-state index in [1.807, 2.05) is 12.1 Å². The van der Waals surface area contributed by atoms with Crippen molar-refractivity contribution in [3.05, 3.63) is 212 Å². The molecule has 0 radical (unpaired) electrons. The molecule has 60 heavy (non-hydrogen) atoms. The normalized spacial score (nSPS) is 11.7. The summed E-state index contributed by atoms with van der Waals surface area (Å²) in [6.07, 6.45) is 0. The molecule has 3 nitrogen and oxygen atoms in total. The van der Waals surface area contributed by atoms with Gasteiger partial charge in [-0.25, -0.2) is 15.0 Å². The van der Waals surface area contributed by atoms with Gasteiger partial charge >= 0.3 is 0 Å². The molecule has 0 fully saturated rings. The van der Waals surface area contributed by atoms with Crippen molar-refractivity contribution in [3.63, 3.8) is 0 Å². The Balaban J connectivity index is 0.910. The number of aromatic nitrogens is 3. The first-order valence-electron chi connectivity index (χ1n) is 20.4. The fourth-order valence-electron chi connectivity index (χ4n) is 8.97. The summed E-state index contributed by atoms with van der Waals surface area (Å²) < 4.78 is 0. The van der Waals surface area contributed by atoms with E-state index in [9.17, 15) is 0 Å². The van der Waals surface area contributed by atoms with E-state index in [0.717, 1.165) is 78.0 Å². The molecular weight excluding hydrogens is 727 g/mol. The lowest BCUT2D eigenvalue weighted by atomic mass is 9.89. The van der Waals surface area contributed by atoms with Gasteiger partial charge in [-0.3, -0.25) is 0 Å². The summed E-state index contributed by atoms with van der Waals surface area (Å²) in [5.41, 5.74) is 14.5. The Morgan fingerprint density at radius 1 is 0.233 bits per heavy atom. The molecule has 3 aromatic heterocycles. The molecule has 0 N–H and O–H groups in total. The third-order valence-corrected chi connectivity index (χ3v) is 12.0. The van der Waals surface area contributed by atoms with Crippen molar-refractivity contribution in [1.82, 2.24) is 15.0 Å². The lowest BCUT2D eigenvalue weighted by molar-refractivity contribution is 1.32. The predicted octanol–water partition coefficient (Wildman–Crippen LogP) is 15.1. The molecule has 12 aromatic rings. The molecule has 0 amide bonds. The molecule has 0 aliphatic rings. The summed E-state index contributed by atoms with van der Waals surface area (Å²) in [6, 6.07) is 75.6. The van der Waals surface area contributed by atoms with Crippen LogP contribution in [0.15, 0.2) is 212 Å². The molecule has 9 aromatic carbocycles. The summed E-state index contributed by atoms with van der Waals surface area (Å²) in [7, 11) is 0. The quantitative estimate of drug-likeness (QED) is 0.158. The zero-order valence-corrected chi connectivity index (χ0v) is 32.5. The van der Waals surface area contributed by atoms with E-state index in [2.05, 4.69) is 200 Å². The molecule has 0 spiro atoms. The largest absolute Gasteiger partial charge is 0.248 e. The summed E-state index contributed by atoms with van der Waals surface area (Å²) in [5.74, 6) is 0. The Labute approximate surface area is 347 Å². The van der Waals surface area contributed by atoms with Crippen LogP contribution in [0.25, 0.3) is 121 Å². The summed E-state index contributed by atoms with van der Waals surface area (Å²) >= 11 is 0. The van der Waals surface area contributed by atoms with Gasteiger partial charge in [0.15, 0.2) is 0 Å². The molecule has 0 saturated carbocycles. The second-order valence-corrected chi connectivity index (χ2v) is 15.6. The minimum atomic E-state index is 0.896. The van der Waals surface area contributed by atoms with Crippen molar-refractivity contribution in [1.29, 1.82) is 0 Å². The SMILES string of the molecule is c1ccc(-c2cc(-c3ccc(-c4ccc5ccc6ccc(-c7cccc(-c8ccc9ccc%10cccc%11ccc8c9c%10%11)c7)nc6c5n4)cc3)cc(-c3ccccc3)n2)cc1. The van der Waals surface area contributed by atoms with Crippen molar-refractivity contribution in [2.24, 2.45) is 0 Å². The van der Waals surface area contributed by atoms with Crippen LogP contribution in [0.3, 0.4) is 0 Å². The van der Waals surface area contributed by atoms with Gasteiger partial charge in [0.1, 0.15) is 0 Å². The summed E-state index contributed by atoms with van der Waals surface area (Å²) in [6.45, 7) is 0. The van der Waals surface area contributed by atoms with Crippen LogP contribution in [-0.2, 0) is 0 Å². The van der Waals surface area contributed by atoms with E-state index >= 15 is 0 Å². The smallest absolute Gasteiger partial charge is 0.0972 e. The molecule has 0 unspecified atom stereocenters. The first-order valence-corrected chi connectivity index (χ1v) is 20.4. The highest BCUT2D eigenvalue weighted by atomic mass is 14.8. The van der Waals surface area contributed by atoms with Crippen LogP contribution in [-0.4, -0.2) is 15.0 Å². The number of hydrogen-bond acceptors (Lipinski definition) is 3. The molecule has 3 heterocycles. The topological polar surface area (TPSA) is 38.7 Å². The molecule has 3 heteroatoms. The second-order valence-electron chi connectivity index (χ2n) is 15.6. The van der Waals surface area contributed by atoms with Crippen molar-refractivity contribution >= 4 is 54.1 Å². The van der Waals surface area contributed by atoms with Crippen LogP contribution in [0.5, 0.6) is 0 Å². The van der Waals surface area contributed by atoms with Crippen LogP contribution >= 0.6 is 0 Å². The molecule has 0 aliphatic carbocycles. The highest BCUT2D eigenvalue weighted by Crippen LogP contribution is 2.40. The Morgan fingerprint density at radius 3 is 1.35 bits per heavy atom. The number of rotatable bonds is 6. The third kappa shape index (κ3) is 5.79. The van der Waals surface area contributed by atoms with Gasteiger partial charge in [-0.2, -0.15) is 0 Å². The minimum Gasteiger partial charge on any atom is -0.248 e. The molecule has 278 valence electrons. The van der Waals surface area contributed by atoms with Gasteiger partial charge in [-0.15, -0.1) is 0 Å². The molecule has 0 aliphatic heterocycles. The van der Waals surface area contributed by atoms with Gasteiger partial charge in [0.05, 0.1) is 33.8 Å². The van der Waals surface area contributed by atoms with Crippen molar-refractivity contribution in [2.45, 2.75) is 0 Å². The first kappa shape index (κ1) is 34.1. The van der Waals surface area contributed by atoms with E-state index in [4.69, 9.17) is 15.0 Å². The van der Waals surface area contributed by atoms with Gasteiger partial charge < -0.3 is 0 Å². The molecular formula is C57H35N3. The molecule has 0 bridgehead atoms. The van der Waals surface area contributed by atoms with E-state index in [-0.39, 0.29) is 0 Å². The van der Waals surface area contributed by atoms with E-state index in [1.54, 1.807) is 0 Å². The summed E-state index contributed by atoms with van der Waals surface area (Å²) in [4.78, 5) is 15.7. The zero-order valence-electron chi connectivity index (χ0n) is 32.5. The maximum absolute atomic E-state index is 5.32. The van der Waals surface area contributed by atoms with Crippen LogP contribution in [0.4, 0.5) is 0 Å². The predicted molar refractivity (Wildman–Crippen MR) is 251 cm³/mol. The van der Waals surface area contributed by atoms with Gasteiger partial charge in [0.2, 0.25) is 0 Å². The molecule has 12 rings (SSSR count). The fraction of sp³-hybridized carbons (Fsp3) is 0. The zero-order chi connectivity index (χ0) is 39.6. The highest BCUT2D eigenvalue weighted by molar-refractivity contribution is 6.25. The van der Waals surface area contributed by atoms with Crippen molar-refractivity contribution < 1.29 is 0 Å². The lowest BCUT2D eigenvalue weighted by Gasteiger charge is -2.15. The molecule has 0 atom stereocenters. The van der Waals surface area contributed by atoms with E-state index < -0.39 is 0 Å². The Morgan fingerprint density at radius 2 is 0.700 bits per heavy atom. The lowest BCUT2D eigenvalue weighted by Crippen LogP contribution is -1.92. The fourth-order valence-corrected chi connectivity index (χ4v) is 8.97. The maximum Gasteiger partial charge on any atom is 0.0972 e. The van der Waals surface area contributed by atoms with E-state index in [1.165, 1.54) is 43.4 Å². The Kier molecular flexibility index (Phi) is 7.85. The van der Waals surface area contributed by atoms with Crippen LogP contribution < -0.4 is 0 Å². The standard InChI is InChI=1S/C57H35N3/c1-3-9-37(10-4-1)52-34-47(35-53(58-52)38-11-5-2-6-12-38)36-17-19-39(20-18-36)50-31-27-43-23-24-44-28-32-51(60-57(44)56(43)59-50)46-16-8-15-45(33-46)48-29-25-42-22-21-40-13-7-14-41-26-30-49(48)55(42)54(40)41/h1-35H. The number of fused-ring (bicyclic) bond motifs is 3. The summed E-state index contributed by atoms with van der Waals surface area (Å²) in [5, 5.41) is 9.88. The number of hydrogen-bond donors (Lipinski definition) is 0. The van der Waals surface area contributed by atoms with Gasteiger partial charge in [-0.05, 0) is 84.9 Å². The number of pyridine rings is 3. The Bertz CT molecular complexity index is 3500. The van der Waals surface area contributed by atoms with Crippen LogP contribution in [0.1, 0.15) is 0 Å². The van der Waals surface area contributed by atoms with Crippen molar-refractivity contribution in [3.8, 4) is 67.3 Å². The van der Waals surface area contributed by atoms with Crippen LogP contribution in [0, 0.1) is 0 Å². The van der Waals surface area contributed by atoms with Gasteiger partial charge in [0.25, 0.3) is 0 Å². The third-order valence-electron chi connectivity index (χ3n) is 12.0. The highest BCUT2D eigenvalue weighted by Gasteiger charge is 2.15. The maximum atomic E-state index is 5.32. The van der Waals surface area contributed by atoms with Gasteiger partial charge in [-0.1, -0.05) is 182 Å². The minimum absolute atomic E-state index is 0.896. The number of nitrogens with zero attached hydrogens (tertiary/aromatic N) is 3. The average molecular weight is 762 g/mol. The first-order chi connectivity index (χ1) is 29.7. The Hall–Kier alpha value is -8.01. The number of benzene rings is 9. The van der Waals surface area contributed by atoms with Crippen LogP contribution in [0.2, 0.25) is 0 Å². The van der Waals surface area contributed by atoms with Gasteiger partial charge in [0, 0.05) is 33.0 Å². The van der Waals surface area contributed by atoms with Crippen molar-refractivity contribution in [2.75, 3.05) is 0 Å². The second kappa shape index (κ2) is 13.8. The average Bonchev–Trinajstić information content (AvgIpc) is 3.33. The molecule has 0 saturated heterocycles. The van der Waals surface area contributed by atoms with E-state index in [0.29, 0.717) is 0 Å². The monoisotopic (exact) mass is 761 g/mol.